The van der Waals surface area contributed by atoms with E-state index in [2.05, 4.69) is 54.7 Å². The maximum absolute atomic E-state index is 13.3. The number of imide groups is 1. The van der Waals surface area contributed by atoms with Gasteiger partial charge in [-0.15, -0.1) is 0 Å². The van der Waals surface area contributed by atoms with E-state index in [9.17, 15) is 32.7 Å². The van der Waals surface area contributed by atoms with Crippen molar-refractivity contribution >= 4 is 29.4 Å². The van der Waals surface area contributed by atoms with Gasteiger partial charge in [0.1, 0.15) is 6.04 Å². The Labute approximate surface area is 287 Å². The van der Waals surface area contributed by atoms with Crippen LogP contribution in [0.25, 0.3) is 0 Å². The van der Waals surface area contributed by atoms with Gasteiger partial charge in [0.05, 0.1) is 17.2 Å². The number of likely N-dealkylation sites (tertiary alicyclic amines) is 1. The average molecular weight is 692 g/mol. The van der Waals surface area contributed by atoms with E-state index >= 15 is 0 Å². The second kappa shape index (κ2) is 13.3. The summed E-state index contributed by atoms with van der Waals surface area (Å²) in [5.41, 5.74) is 2.50. The zero-order chi connectivity index (χ0) is 35.2. The van der Waals surface area contributed by atoms with Crippen molar-refractivity contribution in [3.8, 4) is 0 Å². The Morgan fingerprint density at radius 1 is 0.960 bits per heavy atom. The summed E-state index contributed by atoms with van der Waals surface area (Å²) in [4.78, 5) is 51.3. The van der Waals surface area contributed by atoms with E-state index in [1.165, 1.54) is 5.56 Å². The zero-order valence-corrected chi connectivity index (χ0v) is 27.7. The summed E-state index contributed by atoms with van der Waals surface area (Å²) < 4.78 is 38.4. The lowest BCUT2D eigenvalue weighted by molar-refractivity contribution is -0.138. The monoisotopic (exact) mass is 691 g/mol. The number of hydrogen-bond acceptors (Lipinski definition) is 9. The maximum Gasteiger partial charge on any atom is 0.419 e. The Morgan fingerprint density at radius 2 is 1.64 bits per heavy atom. The molecular weight excluding hydrogens is 651 g/mol. The summed E-state index contributed by atoms with van der Waals surface area (Å²) in [6, 6.07) is 13.0. The van der Waals surface area contributed by atoms with Crippen LogP contribution in [-0.2, 0) is 27.9 Å². The van der Waals surface area contributed by atoms with E-state index in [1.54, 1.807) is 11.0 Å². The van der Waals surface area contributed by atoms with Gasteiger partial charge >= 0.3 is 6.18 Å². The Hall–Kier alpha value is -4.56. The lowest BCUT2D eigenvalue weighted by Crippen LogP contribution is -2.53. The standard InChI is InChI=1S/C36H40F3N7O4/c1-22-29-18-24(4-7-28(29)33(49)46(22)30-8-9-31(47)43-32(30)48)35(50)12-16-44(17-13-35)21-23-2-5-27(6-3-23)45-14-10-26(11-15-45)42-34-40-19-25(20-41-34)36(37,38)39/h2-7,18-20,22,26,30,50H,8-17,21H2,1H3,(H,40,41,42)(H,43,47,48)/t22?,30-/m0/s1. The molecule has 14 heteroatoms. The molecule has 0 saturated carbocycles. The van der Waals surface area contributed by atoms with Crippen molar-refractivity contribution in [1.29, 1.82) is 0 Å². The third-order valence-corrected chi connectivity index (χ3v) is 10.7. The van der Waals surface area contributed by atoms with E-state index in [-0.39, 0.29) is 36.3 Å². The number of halogens is 3. The predicted octanol–water partition coefficient (Wildman–Crippen LogP) is 4.38. The van der Waals surface area contributed by atoms with E-state index in [0.717, 1.165) is 61.7 Å². The smallest absolute Gasteiger partial charge is 0.385 e. The first-order chi connectivity index (χ1) is 23.9. The van der Waals surface area contributed by atoms with E-state index in [0.29, 0.717) is 37.9 Å². The molecule has 3 N–H and O–H groups in total. The van der Waals surface area contributed by atoms with Gasteiger partial charge in [-0.1, -0.05) is 24.3 Å². The average Bonchev–Trinajstić information content (AvgIpc) is 3.35. The van der Waals surface area contributed by atoms with Crippen molar-refractivity contribution in [1.82, 2.24) is 25.1 Å². The molecule has 4 aliphatic rings. The number of nitrogens with one attached hydrogen (secondary N) is 2. The number of fused-ring (bicyclic) bond motifs is 1. The molecule has 1 aromatic heterocycles. The number of aliphatic hydroxyl groups is 1. The molecule has 0 spiro atoms. The number of anilines is 2. The number of alkyl halides is 3. The highest BCUT2D eigenvalue weighted by molar-refractivity contribution is 6.05. The predicted molar refractivity (Wildman–Crippen MR) is 178 cm³/mol. The number of carbonyl (C=O) groups excluding carboxylic acids is 3. The fraction of sp³-hybridized carbons (Fsp3) is 0.472. The van der Waals surface area contributed by atoms with Gasteiger partial charge in [0.15, 0.2) is 0 Å². The van der Waals surface area contributed by atoms with E-state index in [4.69, 9.17) is 0 Å². The number of rotatable bonds is 7. The molecule has 1 unspecified atom stereocenters. The second-order valence-electron chi connectivity index (χ2n) is 13.8. The van der Waals surface area contributed by atoms with Crippen LogP contribution >= 0.6 is 0 Å². The number of carbonyl (C=O) groups is 3. The van der Waals surface area contributed by atoms with Gasteiger partial charge in [-0.3, -0.25) is 24.6 Å². The third-order valence-electron chi connectivity index (χ3n) is 10.7. The van der Waals surface area contributed by atoms with Crippen LogP contribution in [0.15, 0.2) is 54.9 Å². The molecule has 3 fully saturated rings. The Kier molecular flexibility index (Phi) is 9.01. The van der Waals surface area contributed by atoms with Crippen molar-refractivity contribution in [2.45, 2.75) is 81.9 Å². The molecule has 0 aliphatic carbocycles. The largest absolute Gasteiger partial charge is 0.419 e. The topological polar surface area (TPSA) is 131 Å². The number of nitrogens with zero attached hydrogens (tertiary/aromatic N) is 5. The van der Waals surface area contributed by atoms with Gasteiger partial charge in [-0.2, -0.15) is 13.2 Å². The van der Waals surface area contributed by atoms with Gasteiger partial charge in [0, 0.05) is 68.8 Å². The number of hydrogen-bond donors (Lipinski definition) is 3. The molecule has 0 bridgehead atoms. The van der Waals surface area contributed by atoms with Crippen molar-refractivity contribution in [3.63, 3.8) is 0 Å². The summed E-state index contributed by atoms with van der Waals surface area (Å²) in [5.74, 6) is -0.790. The van der Waals surface area contributed by atoms with E-state index < -0.39 is 29.3 Å². The molecule has 264 valence electrons. The SMILES string of the molecule is CC1c2cc(C3(O)CCN(Cc4ccc(N5CCC(Nc6ncc(C(F)(F)F)cn6)CC5)cc4)CC3)ccc2C(=O)N1[C@H]1CCC(=O)NC1=O. The molecule has 2 aromatic carbocycles. The Morgan fingerprint density at radius 3 is 2.28 bits per heavy atom. The molecule has 4 aliphatic heterocycles. The minimum Gasteiger partial charge on any atom is -0.385 e. The number of benzene rings is 2. The summed E-state index contributed by atoms with van der Waals surface area (Å²) >= 11 is 0. The Bertz CT molecular complexity index is 1750. The van der Waals surface area contributed by atoms with Crippen LogP contribution in [0.5, 0.6) is 0 Å². The summed E-state index contributed by atoms with van der Waals surface area (Å²) in [6.07, 6.45) is 0.341. The molecule has 11 nitrogen and oxygen atoms in total. The number of amides is 3. The van der Waals surface area contributed by atoms with Gasteiger partial charge in [-0.25, -0.2) is 9.97 Å². The first-order valence-corrected chi connectivity index (χ1v) is 17.1. The molecule has 0 radical (unpaired) electrons. The first kappa shape index (κ1) is 33.9. The maximum atomic E-state index is 13.3. The van der Waals surface area contributed by atoms with Crippen molar-refractivity contribution in [2.75, 3.05) is 36.4 Å². The van der Waals surface area contributed by atoms with Crippen LogP contribution < -0.4 is 15.5 Å². The minimum atomic E-state index is -4.46. The van der Waals surface area contributed by atoms with E-state index in [1.807, 2.05) is 19.1 Å². The van der Waals surface area contributed by atoms with Gasteiger partial charge in [0.2, 0.25) is 17.8 Å². The normalized spacial score (nSPS) is 23.2. The first-order valence-electron chi connectivity index (χ1n) is 17.1. The van der Waals surface area contributed by atoms with Crippen LogP contribution in [0.2, 0.25) is 0 Å². The molecule has 3 aromatic rings. The van der Waals surface area contributed by atoms with Crippen molar-refractivity contribution in [3.05, 3.63) is 82.7 Å². The van der Waals surface area contributed by atoms with Crippen LogP contribution in [0.1, 0.15) is 84.1 Å². The van der Waals surface area contributed by atoms with Crippen LogP contribution in [0.3, 0.4) is 0 Å². The lowest BCUT2D eigenvalue weighted by atomic mass is 9.82. The third kappa shape index (κ3) is 6.78. The number of aromatic nitrogens is 2. The van der Waals surface area contributed by atoms with Gasteiger partial charge in [-0.05, 0) is 73.9 Å². The molecular formula is C36H40F3N7O4. The van der Waals surface area contributed by atoms with Crippen LogP contribution in [0, 0.1) is 0 Å². The molecule has 3 amide bonds. The fourth-order valence-electron chi connectivity index (χ4n) is 7.67. The second-order valence-corrected chi connectivity index (χ2v) is 13.8. The van der Waals surface area contributed by atoms with Crippen molar-refractivity contribution < 1.29 is 32.7 Å². The Balaban J connectivity index is 0.900. The summed E-state index contributed by atoms with van der Waals surface area (Å²) in [6.45, 7) is 5.65. The van der Waals surface area contributed by atoms with Gasteiger partial charge in [0.25, 0.3) is 5.91 Å². The summed E-state index contributed by atoms with van der Waals surface area (Å²) in [7, 11) is 0. The molecule has 2 atom stereocenters. The molecule has 50 heavy (non-hydrogen) atoms. The highest BCUT2D eigenvalue weighted by Gasteiger charge is 2.44. The minimum absolute atomic E-state index is 0.0789. The lowest BCUT2D eigenvalue weighted by Gasteiger charge is -2.39. The highest BCUT2D eigenvalue weighted by atomic mass is 19.4. The van der Waals surface area contributed by atoms with Crippen LogP contribution in [0.4, 0.5) is 24.8 Å². The fourth-order valence-corrected chi connectivity index (χ4v) is 7.67. The number of piperidine rings is 3. The molecule has 5 heterocycles. The summed E-state index contributed by atoms with van der Waals surface area (Å²) in [5, 5.41) is 17.2. The molecule has 3 saturated heterocycles. The highest BCUT2D eigenvalue weighted by Crippen LogP contribution is 2.41. The quantitative estimate of drug-likeness (QED) is 0.309. The van der Waals surface area contributed by atoms with Gasteiger partial charge < -0.3 is 20.2 Å². The van der Waals surface area contributed by atoms with Crippen molar-refractivity contribution in [2.24, 2.45) is 0 Å². The van der Waals surface area contributed by atoms with Crippen LogP contribution in [-0.4, -0.2) is 80.9 Å². The molecule has 7 rings (SSSR count). The zero-order valence-electron chi connectivity index (χ0n) is 27.7.